The number of benzene rings is 2. The Hall–Kier alpha value is -1.87. The molecule has 0 spiro atoms. The molecule has 1 atom stereocenters. The van der Waals surface area contributed by atoms with E-state index in [1.54, 1.807) is 33.4 Å². The summed E-state index contributed by atoms with van der Waals surface area (Å²) in [6.45, 7) is 1.17. The van der Waals surface area contributed by atoms with Gasteiger partial charge in [-0.1, -0.05) is 30.3 Å². The second kappa shape index (κ2) is 11.8. The Morgan fingerprint density at radius 3 is 2.41 bits per heavy atom. The molecule has 0 aliphatic carbocycles. The van der Waals surface area contributed by atoms with Crippen LogP contribution >= 0.6 is 24.0 Å². The number of nitrogens with one attached hydrogen (secondary N) is 1. The van der Waals surface area contributed by atoms with Gasteiger partial charge in [0.05, 0.1) is 13.2 Å². The maximum atomic E-state index is 13.1. The van der Waals surface area contributed by atoms with E-state index in [1.165, 1.54) is 12.1 Å². The van der Waals surface area contributed by atoms with Crippen molar-refractivity contribution < 1.29 is 13.9 Å². The fourth-order valence-corrected chi connectivity index (χ4v) is 2.75. The third-order valence-electron chi connectivity index (χ3n) is 4.15. The van der Waals surface area contributed by atoms with E-state index in [0.29, 0.717) is 13.1 Å². The molecule has 0 bridgehead atoms. The van der Waals surface area contributed by atoms with E-state index in [9.17, 15) is 4.39 Å². The number of guanidine groups is 1. The average Bonchev–Trinajstić information content (AvgIpc) is 2.66. The number of para-hydroxylation sites is 1. The van der Waals surface area contributed by atoms with E-state index < -0.39 is 0 Å². The van der Waals surface area contributed by atoms with E-state index in [0.717, 1.165) is 22.8 Å². The van der Waals surface area contributed by atoms with Crippen molar-refractivity contribution in [3.8, 4) is 5.75 Å². The lowest BCUT2D eigenvalue weighted by Crippen LogP contribution is -2.40. The molecule has 0 heterocycles. The summed E-state index contributed by atoms with van der Waals surface area (Å²) in [6.07, 6.45) is -0.202. The molecule has 0 saturated carbocycles. The van der Waals surface area contributed by atoms with Gasteiger partial charge in [0, 0.05) is 39.9 Å². The summed E-state index contributed by atoms with van der Waals surface area (Å²) in [5, 5.41) is 3.31. The molecule has 1 N–H and O–H groups in total. The lowest BCUT2D eigenvalue weighted by Gasteiger charge is -2.25. The third-order valence-corrected chi connectivity index (χ3v) is 4.15. The molecule has 1 unspecified atom stereocenters. The molecule has 2 aromatic carbocycles. The average molecular weight is 487 g/mol. The van der Waals surface area contributed by atoms with Crippen LogP contribution in [0, 0.1) is 5.82 Å². The van der Waals surface area contributed by atoms with Gasteiger partial charge in [0.1, 0.15) is 11.6 Å². The Labute approximate surface area is 177 Å². The highest BCUT2D eigenvalue weighted by Crippen LogP contribution is 2.19. The molecule has 27 heavy (non-hydrogen) atoms. The predicted molar refractivity (Wildman–Crippen MR) is 117 cm³/mol. The van der Waals surface area contributed by atoms with Crippen molar-refractivity contribution >= 4 is 29.9 Å². The van der Waals surface area contributed by atoms with Crippen LogP contribution in [0.1, 0.15) is 17.2 Å². The summed E-state index contributed by atoms with van der Waals surface area (Å²) >= 11 is 0. The molecular formula is C20H27FIN3O2. The first-order valence-corrected chi connectivity index (χ1v) is 8.41. The number of halogens is 2. The smallest absolute Gasteiger partial charge is 0.193 e. The second-order valence-electron chi connectivity index (χ2n) is 5.87. The van der Waals surface area contributed by atoms with Crippen LogP contribution in [-0.2, 0) is 11.3 Å². The minimum absolute atomic E-state index is 0. The number of hydrogen-bond acceptors (Lipinski definition) is 3. The van der Waals surface area contributed by atoms with Gasteiger partial charge in [0.15, 0.2) is 5.96 Å². The number of nitrogens with zero attached hydrogens (tertiary/aromatic N) is 2. The molecule has 0 fully saturated rings. The van der Waals surface area contributed by atoms with Crippen molar-refractivity contribution in [3.05, 3.63) is 65.5 Å². The lowest BCUT2D eigenvalue weighted by molar-refractivity contribution is 0.106. The Morgan fingerprint density at radius 2 is 1.81 bits per heavy atom. The van der Waals surface area contributed by atoms with Crippen LogP contribution < -0.4 is 10.1 Å². The molecule has 0 aliphatic rings. The summed E-state index contributed by atoms with van der Waals surface area (Å²) in [7, 11) is 7.00. The first-order chi connectivity index (χ1) is 12.6. The van der Waals surface area contributed by atoms with Crippen molar-refractivity contribution in [1.82, 2.24) is 10.2 Å². The standard InChI is InChI=1S/C20H26FN3O2.HI/c1-22-20(24(2)14-16-7-5-6-8-18(16)25-3)23-13-19(26-4)15-9-11-17(21)12-10-15;/h5-12,19H,13-14H2,1-4H3,(H,22,23);1H. The van der Waals surface area contributed by atoms with E-state index in [-0.39, 0.29) is 35.9 Å². The van der Waals surface area contributed by atoms with Gasteiger partial charge in [0.2, 0.25) is 0 Å². The van der Waals surface area contributed by atoms with E-state index in [4.69, 9.17) is 9.47 Å². The van der Waals surface area contributed by atoms with Crippen LogP contribution in [-0.4, -0.2) is 45.7 Å². The normalized spacial score (nSPS) is 12.1. The molecule has 2 aromatic rings. The summed E-state index contributed by atoms with van der Waals surface area (Å²) in [5.74, 6) is 1.32. The Kier molecular flexibility index (Phi) is 10.1. The zero-order chi connectivity index (χ0) is 18.9. The Bertz CT molecular complexity index is 725. The molecule has 0 radical (unpaired) electrons. The zero-order valence-corrected chi connectivity index (χ0v) is 18.4. The summed E-state index contributed by atoms with van der Waals surface area (Å²) in [6, 6.07) is 14.2. The van der Waals surface area contributed by atoms with E-state index in [1.807, 2.05) is 36.2 Å². The fourth-order valence-electron chi connectivity index (χ4n) is 2.75. The van der Waals surface area contributed by atoms with Gasteiger partial charge >= 0.3 is 0 Å². The molecule has 148 valence electrons. The number of aliphatic imine (C=N–C) groups is 1. The van der Waals surface area contributed by atoms with Crippen molar-refractivity contribution in [2.75, 3.05) is 34.9 Å². The van der Waals surface area contributed by atoms with Crippen molar-refractivity contribution in [2.24, 2.45) is 4.99 Å². The van der Waals surface area contributed by atoms with Crippen LogP contribution in [0.2, 0.25) is 0 Å². The topological polar surface area (TPSA) is 46.1 Å². The van der Waals surface area contributed by atoms with Crippen LogP contribution in [0.25, 0.3) is 0 Å². The first-order valence-electron chi connectivity index (χ1n) is 8.41. The van der Waals surface area contributed by atoms with Crippen LogP contribution in [0.4, 0.5) is 4.39 Å². The van der Waals surface area contributed by atoms with Gasteiger partial charge in [0.25, 0.3) is 0 Å². The molecule has 0 saturated heterocycles. The monoisotopic (exact) mass is 487 g/mol. The summed E-state index contributed by atoms with van der Waals surface area (Å²) in [5.41, 5.74) is 1.98. The Balaban J connectivity index is 0.00000364. The highest BCUT2D eigenvalue weighted by Gasteiger charge is 2.14. The molecule has 0 aromatic heterocycles. The van der Waals surface area contributed by atoms with Crippen molar-refractivity contribution in [1.29, 1.82) is 0 Å². The third kappa shape index (κ3) is 6.66. The highest BCUT2D eigenvalue weighted by atomic mass is 127. The molecule has 2 rings (SSSR count). The molecule has 5 nitrogen and oxygen atoms in total. The SMILES string of the molecule is CN=C(NCC(OC)c1ccc(F)cc1)N(C)Cc1ccccc1OC.I. The maximum absolute atomic E-state index is 13.1. The highest BCUT2D eigenvalue weighted by molar-refractivity contribution is 14.0. The van der Waals surface area contributed by atoms with Crippen molar-refractivity contribution in [2.45, 2.75) is 12.6 Å². The number of ether oxygens (including phenoxy) is 2. The minimum atomic E-state index is -0.260. The second-order valence-corrected chi connectivity index (χ2v) is 5.87. The zero-order valence-electron chi connectivity index (χ0n) is 16.1. The van der Waals surface area contributed by atoms with Gasteiger partial charge < -0.3 is 19.7 Å². The minimum Gasteiger partial charge on any atom is -0.496 e. The van der Waals surface area contributed by atoms with Gasteiger partial charge in [-0.25, -0.2) is 4.39 Å². The summed E-state index contributed by atoms with van der Waals surface area (Å²) < 4.78 is 24.0. The number of rotatable bonds is 7. The van der Waals surface area contributed by atoms with Gasteiger partial charge in [-0.2, -0.15) is 0 Å². The molecular weight excluding hydrogens is 460 g/mol. The van der Waals surface area contributed by atoms with Crippen LogP contribution in [0.5, 0.6) is 5.75 Å². The maximum Gasteiger partial charge on any atom is 0.193 e. The largest absolute Gasteiger partial charge is 0.496 e. The van der Waals surface area contributed by atoms with E-state index in [2.05, 4.69) is 10.3 Å². The number of methoxy groups -OCH3 is 2. The van der Waals surface area contributed by atoms with Crippen molar-refractivity contribution in [3.63, 3.8) is 0 Å². The van der Waals surface area contributed by atoms with Gasteiger partial charge in [-0.15, -0.1) is 24.0 Å². The molecule has 0 aliphatic heterocycles. The van der Waals surface area contributed by atoms with Gasteiger partial charge in [-0.3, -0.25) is 4.99 Å². The fraction of sp³-hybridized carbons (Fsp3) is 0.350. The van der Waals surface area contributed by atoms with Crippen LogP contribution in [0.3, 0.4) is 0 Å². The predicted octanol–water partition coefficient (Wildman–Crippen LogP) is 3.85. The quantitative estimate of drug-likeness (QED) is 0.366. The lowest BCUT2D eigenvalue weighted by atomic mass is 10.1. The van der Waals surface area contributed by atoms with Gasteiger partial charge in [-0.05, 0) is 23.8 Å². The summed E-state index contributed by atoms with van der Waals surface area (Å²) in [4.78, 5) is 6.34. The van der Waals surface area contributed by atoms with E-state index >= 15 is 0 Å². The Morgan fingerprint density at radius 1 is 1.15 bits per heavy atom. The van der Waals surface area contributed by atoms with Crippen LogP contribution in [0.15, 0.2) is 53.5 Å². The number of hydrogen-bond donors (Lipinski definition) is 1. The molecule has 0 amide bonds. The molecule has 7 heteroatoms. The first kappa shape index (κ1) is 23.2.